The number of aliphatic carboxylic acids is 1. The van der Waals surface area contributed by atoms with Crippen molar-refractivity contribution in [3.63, 3.8) is 0 Å². The maximum Gasteiger partial charge on any atom is 0.303 e. The number of hydrogen-bond donors (Lipinski definition) is 1. The molecule has 2 amide bonds. The van der Waals surface area contributed by atoms with E-state index in [1.54, 1.807) is 26.4 Å². The highest BCUT2D eigenvalue weighted by Gasteiger charge is 2.38. The van der Waals surface area contributed by atoms with Crippen LogP contribution in [0, 0.1) is 0 Å². The van der Waals surface area contributed by atoms with E-state index >= 15 is 0 Å². The highest BCUT2D eigenvalue weighted by atomic mass is 16.5. The van der Waals surface area contributed by atoms with Crippen molar-refractivity contribution in [2.24, 2.45) is 9.98 Å². The smallest absolute Gasteiger partial charge is 0.303 e. The second-order valence-corrected chi connectivity index (χ2v) is 16.0. The van der Waals surface area contributed by atoms with Gasteiger partial charge < -0.3 is 24.2 Å². The molecule has 5 aromatic rings. The zero-order valence-corrected chi connectivity index (χ0v) is 34.5. The molecule has 0 saturated carbocycles. The lowest BCUT2D eigenvalue weighted by molar-refractivity contribution is -0.137. The van der Waals surface area contributed by atoms with E-state index in [1.165, 1.54) is 0 Å². The summed E-state index contributed by atoms with van der Waals surface area (Å²) in [6.45, 7) is 0.782. The molecule has 4 aliphatic rings. The molecule has 0 unspecified atom stereocenters. The Bertz CT molecular complexity index is 2620. The van der Waals surface area contributed by atoms with Crippen LogP contribution in [0.3, 0.4) is 0 Å². The number of nitrogens with zero attached hydrogens (tertiary/aromatic N) is 5. The number of para-hydroxylation sites is 2. The highest BCUT2D eigenvalue weighted by Crippen LogP contribution is 2.42. The van der Waals surface area contributed by atoms with Crippen LogP contribution in [-0.2, 0) is 37.1 Å². The van der Waals surface area contributed by atoms with Crippen molar-refractivity contribution in [2.45, 2.75) is 63.6 Å². The molecule has 0 saturated heterocycles. The number of carboxylic acid groups (broad SMARTS) is 1. The number of aryl methyl sites for hydroxylation is 2. The first-order valence-electron chi connectivity index (χ1n) is 20.7. The number of methoxy groups -OCH3 is 2. The van der Waals surface area contributed by atoms with Crippen LogP contribution in [-0.4, -0.2) is 75.2 Å². The zero-order chi connectivity index (χ0) is 42.2. The van der Waals surface area contributed by atoms with Gasteiger partial charge in [-0.25, -0.2) is 0 Å². The van der Waals surface area contributed by atoms with Crippen molar-refractivity contribution in [1.29, 1.82) is 0 Å². The normalized spacial score (nSPS) is 16.8. The minimum absolute atomic E-state index is 0.0810. The Labute approximate surface area is 354 Å². The van der Waals surface area contributed by atoms with Crippen LogP contribution in [0.15, 0.2) is 101 Å². The zero-order valence-electron chi connectivity index (χ0n) is 34.5. The molecule has 5 aromatic carbocycles. The Morgan fingerprint density at radius 2 is 1.31 bits per heavy atom. The summed E-state index contributed by atoms with van der Waals surface area (Å²) in [5.74, 6) is 0.517. The molecule has 0 aliphatic carbocycles. The number of carbonyl (C=O) groups is 3. The molecule has 0 fully saturated rings. The monoisotopic (exact) mass is 817 g/mol. The molecule has 0 spiro atoms. The van der Waals surface area contributed by atoms with Crippen LogP contribution >= 0.6 is 0 Å². The highest BCUT2D eigenvalue weighted by molar-refractivity contribution is 6.15. The van der Waals surface area contributed by atoms with Crippen LogP contribution in [0.2, 0.25) is 0 Å². The number of fused-ring (bicyclic) bond motifs is 8. The summed E-state index contributed by atoms with van der Waals surface area (Å²) in [6, 6.07) is 29.3. The van der Waals surface area contributed by atoms with Gasteiger partial charge in [-0.2, -0.15) is 0 Å². The van der Waals surface area contributed by atoms with Crippen LogP contribution in [0.5, 0.6) is 17.2 Å². The summed E-state index contributed by atoms with van der Waals surface area (Å²) >= 11 is 0. The van der Waals surface area contributed by atoms with E-state index in [-0.39, 0.29) is 36.9 Å². The molecule has 0 radical (unpaired) electrons. The van der Waals surface area contributed by atoms with E-state index in [2.05, 4.69) is 29.2 Å². The molecule has 2 atom stereocenters. The number of ether oxygens (including phenoxy) is 3. The van der Waals surface area contributed by atoms with Gasteiger partial charge in [-0.05, 0) is 96.0 Å². The molecular formula is C49H47N5O7. The van der Waals surface area contributed by atoms with Gasteiger partial charge in [0, 0.05) is 68.4 Å². The summed E-state index contributed by atoms with van der Waals surface area (Å²) in [5.41, 5.74) is 10.1. The van der Waals surface area contributed by atoms with Gasteiger partial charge in [-0.15, -0.1) is 0 Å². The van der Waals surface area contributed by atoms with Crippen molar-refractivity contribution < 1.29 is 33.7 Å². The third-order valence-electron chi connectivity index (χ3n) is 12.0. The molecular weight excluding hydrogens is 771 g/mol. The lowest BCUT2D eigenvalue weighted by atomic mass is 9.99. The minimum atomic E-state index is -0.823. The molecule has 0 aromatic heterocycles. The number of hydrogen-bond acceptors (Lipinski definition) is 9. The second-order valence-electron chi connectivity index (χ2n) is 16.0. The number of benzene rings is 5. The van der Waals surface area contributed by atoms with E-state index in [0.29, 0.717) is 65.6 Å². The van der Waals surface area contributed by atoms with Crippen molar-refractivity contribution in [1.82, 2.24) is 0 Å². The Kier molecular flexibility index (Phi) is 10.8. The molecule has 4 heterocycles. The van der Waals surface area contributed by atoms with E-state index in [9.17, 15) is 19.5 Å². The molecule has 1 N–H and O–H groups in total. The first-order valence-corrected chi connectivity index (χ1v) is 20.7. The Morgan fingerprint density at radius 3 is 1.93 bits per heavy atom. The van der Waals surface area contributed by atoms with Gasteiger partial charge in [0.05, 0.1) is 48.8 Å². The maximum absolute atomic E-state index is 14.0. The predicted molar refractivity (Wildman–Crippen MR) is 237 cm³/mol. The predicted octanol–water partition coefficient (Wildman–Crippen LogP) is 8.33. The number of carboxylic acids is 1. The van der Waals surface area contributed by atoms with Gasteiger partial charge in [0.15, 0.2) is 11.5 Å². The van der Waals surface area contributed by atoms with Crippen molar-refractivity contribution in [3.8, 4) is 17.2 Å². The van der Waals surface area contributed by atoms with E-state index in [0.717, 1.165) is 64.1 Å². The van der Waals surface area contributed by atoms with Crippen LogP contribution in [0.25, 0.3) is 0 Å². The number of aliphatic imine (C=N–C) groups is 2. The van der Waals surface area contributed by atoms with E-state index < -0.39 is 5.97 Å². The first kappa shape index (κ1) is 39.5. The Hall–Kier alpha value is -6.95. The van der Waals surface area contributed by atoms with Crippen LogP contribution in [0.1, 0.15) is 67.8 Å². The van der Waals surface area contributed by atoms with Crippen molar-refractivity contribution in [3.05, 3.63) is 130 Å². The fraction of sp³-hybridized carbons (Fsp3) is 0.286. The van der Waals surface area contributed by atoms with Crippen molar-refractivity contribution in [2.75, 3.05) is 42.5 Å². The Morgan fingerprint density at radius 1 is 0.721 bits per heavy atom. The number of anilines is 3. The fourth-order valence-corrected chi connectivity index (χ4v) is 8.98. The third kappa shape index (κ3) is 7.69. The standard InChI is InChI=1S/C49H47N5O7/c1-52(17-9-16-47(55)56)35-19-30(10-8-13-34-23-40-38(24-44(34)59-2)48(57)53-36(27-50-40)21-32-11-4-6-14-42(32)53)18-31(20-35)29-61-46-26-41-39(25-45(46)60-3)49(58)54-37(28-51-41)22-33-12-5-7-15-43(33)54/h4-7,11-12,14-15,18-20,23-28,36-37H,8-10,13,16-17,21-22,29H2,1-3H3,(H,55,56)/t36-,37-/m0/s1. The number of carbonyl (C=O) groups excluding carboxylic acids is 2. The number of rotatable bonds is 14. The van der Waals surface area contributed by atoms with Gasteiger partial charge in [0.25, 0.3) is 11.8 Å². The number of amides is 2. The SMILES string of the molecule is COc1cc2c(cc1CCCc1cc(COc3cc4c(cc3OC)C(=O)N3c5ccccc5C[C@H]3C=N4)cc(N(C)CCCC(=O)O)c1)N=C[C@@H]1Cc3ccccc3N1C2=O. The minimum Gasteiger partial charge on any atom is -0.496 e. The molecule has 61 heavy (non-hydrogen) atoms. The summed E-state index contributed by atoms with van der Waals surface area (Å²) in [6.07, 6.45) is 7.96. The molecule has 0 bridgehead atoms. The quantitative estimate of drug-likeness (QED) is 0.118. The van der Waals surface area contributed by atoms with Gasteiger partial charge in [0.2, 0.25) is 0 Å². The van der Waals surface area contributed by atoms with E-state index in [4.69, 9.17) is 24.2 Å². The van der Waals surface area contributed by atoms with Crippen molar-refractivity contribution >= 4 is 58.6 Å². The van der Waals surface area contributed by atoms with Crippen LogP contribution < -0.4 is 28.9 Å². The first-order chi connectivity index (χ1) is 29.7. The molecule has 9 rings (SSSR count). The van der Waals surface area contributed by atoms with Gasteiger partial charge >= 0.3 is 5.97 Å². The molecule has 12 nitrogen and oxygen atoms in total. The Balaban J connectivity index is 0.938. The molecule has 4 aliphatic heterocycles. The van der Waals surface area contributed by atoms with Crippen LogP contribution in [0.4, 0.5) is 28.4 Å². The summed E-state index contributed by atoms with van der Waals surface area (Å²) < 4.78 is 18.1. The van der Waals surface area contributed by atoms with E-state index in [1.807, 2.05) is 83.9 Å². The summed E-state index contributed by atoms with van der Waals surface area (Å²) in [5, 5.41) is 9.27. The maximum atomic E-state index is 14.0. The fourth-order valence-electron chi connectivity index (χ4n) is 8.98. The molecule has 310 valence electrons. The van der Waals surface area contributed by atoms with Gasteiger partial charge in [0.1, 0.15) is 12.4 Å². The largest absolute Gasteiger partial charge is 0.496 e. The average molecular weight is 818 g/mol. The third-order valence-corrected chi connectivity index (χ3v) is 12.0. The topological polar surface area (TPSA) is 134 Å². The second kappa shape index (κ2) is 16.6. The van der Waals surface area contributed by atoms with Gasteiger partial charge in [-0.3, -0.25) is 34.2 Å². The average Bonchev–Trinajstić information content (AvgIpc) is 3.76. The molecule has 12 heteroatoms. The summed E-state index contributed by atoms with van der Waals surface area (Å²) in [4.78, 5) is 54.5. The lowest BCUT2D eigenvalue weighted by Gasteiger charge is -2.22. The lowest BCUT2D eigenvalue weighted by Crippen LogP contribution is -2.37. The summed E-state index contributed by atoms with van der Waals surface area (Å²) in [7, 11) is 5.15. The van der Waals surface area contributed by atoms with Gasteiger partial charge in [-0.1, -0.05) is 42.5 Å².